The van der Waals surface area contributed by atoms with Gasteiger partial charge in [-0.1, -0.05) is 6.42 Å². The zero-order chi connectivity index (χ0) is 11.7. The molecule has 98 valence electrons. The second-order valence-electron chi connectivity index (χ2n) is 6.32. The van der Waals surface area contributed by atoms with Crippen LogP contribution in [0.15, 0.2) is 0 Å². The Morgan fingerprint density at radius 1 is 1.00 bits per heavy atom. The second-order valence-corrected chi connectivity index (χ2v) is 6.32. The highest BCUT2D eigenvalue weighted by Gasteiger charge is 2.30. The zero-order valence-corrected chi connectivity index (χ0v) is 11.2. The van der Waals surface area contributed by atoms with Crippen molar-refractivity contribution in [2.75, 3.05) is 33.2 Å². The molecule has 3 aliphatic rings. The number of nitrogens with one attached hydrogen (secondary N) is 1. The molecule has 2 unspecified atom stereocenters. The quantitative estimate of drug-likeness (QED) is 0.795. The van der Waals surface area contributed by atoms with E-state index in [1.165, 1.54) is 64.7 Å². The van der Waals surface area contributed by atoms with Crippen molar-refractivity contribution >= 4 is 0 Å². The van der Waals surface area contributed by atoms with E-state index in [1.807, 2.05) is 0 Å². The highest BCUT2D eigenvalue weighted by atomic mass is 15.2. The van der Waals surface area contributed by atoms with Gasteiger partial charge in [0.05, 0.1) is 0 Å². The van der Waals surface area contributed by atoms with E-state index < -0.39 is 0 Å². The van der Waals surface area contributed by atoms with Gasteiger partial charge in [0.15, 0.2) is 0 Å². The van der Waals surface area contributed by atoms with Crippen LogP contribution in [-0.4, -0.2) is 61.2 Å². The third-order valence-corrected chi connectivity index (χ3v) is 4.71. The summed E-state index contributed by atoms with van der Waals surface area (Å²) in [6, 6.07) is 2.48. The Morgan fingerprint density at radius 2 is 1.88 bits per heavy atom. The molecule has 1 aliphatic carbocycles. The van der Waals surface area contributed by atoms with Crippen LogP contribution in [0.4, 0.5) is 0 Å². The molecule has 3 fully saturated rings. The Morgan fingerprint density at radius 3 is 2.65 bits per heavy atom. The number of rotatable bonds is 4. The van der Waals surface area contributed by atoms with E-state index in [1.54, 1.807) is 0 Å². The molecule has 2 atom stereocenters. The normalized spacial score (nSPS) is 36.5. The van der Waals surface area contributed by atoms with E-state index in [2.05, 4.69) is 22.2 Å². The zero-order valence-electron chi connectivity index (χ0n) is 11.2. The summed E-state index contributed by atoms with van der Waals surface area (Å²) in [4.78, 5) is 5.26. The third kappa shape index (κ3) is 3.21. The fourth-order valence-corrected chi connectivity index (χ4v) is 3.39. The van der Waals surface area contributed by atoms with E-state index in [4.69, 9.17) is 0 Å². The van der Waals surface area contributed by atoms with Crippen molar-refractivity contribution < 1.29 is 0 Å². The van der Waals surface area contributed by atoms with E-state index in [9.17, 15) is 0 Å². The first-order chi connectivity index (χ1) is 8.31. The summed E-state index contributed by atoms with van der Waals surface area (Å²) in [6.07, 6.45) is 8.45. The smallest absolute Gasteiger partial charge is 0.0220 e. The molecule has 0 spiro atoms. The molecule has 0 bridgehead atoms. The fraction of sp³-hybridized carbons (Fsp3) is 1.00. The van der Waals surface area contributed by atoms with Crippen molar-refractivity contribution in [3.63, 3.8) is 0 Å². The standard InChI is InChI=1S/C14H27N3/c1-16-8-3-2-4-14(16)11-17-9-7-13(10-17)15-12-5-6-12/h12-15H,2-11H2,1H3. The van der Waals surface area contributed by atoms with Crippen LogP contribution in [0, 0.1) is 0 Å². The molecule has 3 nitrogen and oxygen atoms in total. The molecule has 0 radical (unpaired) electrons. The SMILES string of the molecule is CN1CCCCC1CN1CCC(NC2CC2)C1. The molecular weight excluding hydrogens is 210 g/mol. The number of likely N-dealkylation sites (N-methyl/N-ethyl adjacent to an activating group) is 1. The van der Waals surface area contributed by atoms with Crippen LogP contribution in [0.2, 0.25) is 0 Å². The molecule has 1 saturated carbocycles. The van der Waals surface area contributed by atoms with Gasteiger partial charge in [-0.3, -0.25) is 0 Å². The van der Waals surface area contributed by atoms with Gasteiger partial charge in [0.1, 0.15) is 0 Å². The number of nitrogens with zero attached hydrogens (tertiary/aromatic N) is 2. The Kier molecular flexibility index (Phi) is 3.69. The first-order valence-electron chi connectivity index (χ1n) is 7.50. The Hall–Kier alpha value is -0.120. The van der Waals surface area contributed by atoms with Gasteiger partial charge in [0.2, 0.25) is 0 Å². The predicted molar refractivity (Wildman–Crippen MR) is 71.3 cm³/mol. The average Bonchev–Trinajstić information content (AvgIpc) is 3.02. The first kappa shape index (κ1) is 11.9. The molecule has 1 N–H and O–H groups in total. The van der Waals surface area contributed by atoms with Crippen molar-refractivity contribution in [3.8, 4) is 0 Å². The lowest BCUT2D eigenvalue weighted by Crippen LogP contribution is -2.45. The predicted octanol–water partition coefficient (Wildman–Crippen LogP) is 1.30. The summed E-state index contributed by atoms with van der Waals surface area (Å²) in [6.45, 7) is 5.22. The minimum absolute atomic E-state index is 0.788. The van der Waals surface area contributed by atoms with Crippen molar-refractivity contribution in [1.82, 2.24) is 15.1 Å². The highest BCUT2D eigenvalue weighted by Crippen LogP contribution is 2.23. The maximum atomic E-state index is 3.78. The lowest BCUT2D eigenvalue weighted by molar-refractivity contribution is 0.139. The topological polar surface area (TPSA) is 18.5 Å². The van der Waals surface area contributed by atoms with Crippen molar-refractivity contribution in [2.24, 2.45) is 0 Å². The van der Waals surface area contributed by atoms with E-state index in [0.29, 0.717) is 0 Å². The molecule has 0 aromatic heterocycles. The molecule has 2 saturated heterocycles. The monoisotopic (exact) mass is 237 g/mol. The lowest BCUT2D eigenvalue weighted by atomic mass is 10.0. The minimum atomic E-state index is 0.788. The van der Waals surface area contributed by atoms with E-state index in [-0.39, 0.29) is 0 Å². The summed E-state index contributed by atoms with van der Waals surface area (Å²) in [5.74, 6) is 0. The van der Waals surface area contributed by atoms with Crippen LogP contribution in [0.1, 0.15) is 38.5 Å². The Labute approximate surface area is 106 Å². The molecule has 17 heavy (non-hydrogen) atoms. The Bertz CT molecular complexity index is 252. The second kappa shape index (κ2) is 5.25. The fourth-order valence-electron chi connectivity index (χ4n) is 3.39. The summed E-state index contributed by atoms with van der Waals surface area (Å²) >= 11 is 0. The molecule has 3 rings (SSSR count). The van der Waals surface area contributed by atoms with Gasteiger partial charge in [-0.25, -0.2) is 0 Å². The molecule has 0 aromatic carbocycles. The van der Waals surface area contributed by atoms with E-state index >= 15 is 0 Å². The van der Waals surface area contributed by atoms with Crippen LogP contribution in [-0.2, 0) is 0 Å². The van der Waals surface area contributed by atoms with Crippen LogP contribution in [0.3, 0.4) is 0 Å². The lowest BCUT2D eigenvalue weighted by Gasteiger charge is -2.35. The average molecular weight is 237 g/mol. The summed E-state index contributed by atoms with van der Waals surface area (Å²) in [5.41, 5.74) is 0. The van der Waals surface area contributed by atoms with Crippen molar-refractivity contribution in [1.29, 1.82) is 0 Å². The van der Waals surface area contributed by atoms with Gasteiger partial charge >= 0.3 is 0 Å². The van der Waals surface area contributed by atoms with Crippen LogP contribution >= 0.6 is 0 Å². The summed E-state index contributed by atoms with van der Waals surface area (Å²) in [7, 11) is 2.31. The van der Waals surface area contributed by atoms with Crippen LogP contribution < -0.4 is 5.32 Å². The number of hydrogen-bond acceptors (Lipinski definition) is 3. The molecular formula is C14H27N3. The van der Waals surface area contributed by atoms with Gasteiger partial charge in [-0.15, -0.1) is 0 Å². The molecule has 2 heterocycles. The summed E-state index contributed by atoms with van der Waals surface area (Å²) in [5, 5.41) is 3.78. The third-order valence-electron chi connectivity index (χ3n) is 4.71. The molecule has 3 heteroatoms. The number of likely N-dealkylation sites (tertiary alicyclic amines) is 2. The molecule has 0 aromatic rings. The van der Waals surface area contributed by atoms with Crippen LogP contribution in [0.25, 0.3) is 0 Å². The van der Waals surface area contributed by atoms with Gasteiger partial charge < -0.3 is 15.1 Å². The van der Waals surface area contributed by atoms with E-state index in [0.717, 1.165) is 18.1 Å². The maximum Gasteiger partial charge on any atom is 0.0220 e. The van der Waals surface area contributed by atoms with Gasteiger partial charge in [-0.05, 0) is 52.2 Å². The maximum absolute atomic E-state index is 3.78. The summed E-state index contributed by atoms with van der Waals surface area (Å²) < 4.78 is 0. The number of piperidine rings is 1. The van der Waals surface area contributed by atoms with Crippen molar-refractivity contribution in [2.45, 2.75) is 56.7 Å². The Balaban J connectivity index is 1.42. The highest BCUT2D eigenvalue weighted by molar-refractivity contribution is 4.90. The minimum Gasteiger partial charge on any atom is -0.310 e. The molecule has 2 aliphatic heterocycles. The van der Waals surface area contributed by atoms with Crippen molar-refractivity contribution in [3.05, 3.63) is 0 Å². The first-order valence-corrected chi connectivity index (χ1v) is 7.50. The van der Waals surface area contributed by atoms with Crippen LogP contribution in [0.5, 0.6) is 0 Å². The number of hydrogen-bond donors (Lipinski definition) is 1. The van der Waals surface area contributed by atoms with Gasteiger partial charge in [0.25, 0.3) is 0 Å². The molecule has 0 amide bonds. The van der Waals surface area contributed by atoms with Gasteiger partial charge in [0, 0.05) is 31.2 Å². The largest absolute Gasteiger partial charge is 0.310 e. The van der Waals surface area contributed by atoms with Gasteiger partial charge in [-0.2, -0.15) is 0 Å².